The lowest BCUT2D eigenvalue weighted by molar-refractivity contribution is 0.0110. The molecular formula is C16H23FN2. The first-order chi connectivity index (χ1) is 9.22. The van der Waals surface area contributed by atoms with Gasteiger partial charge in [-0.1, -0.05) is 18.6 Å². The summed E-state index contributed by atoms with van der Waals surface area (Å²) in [5.41, 5.74) is 1.09. The summed E-state index contributed by atoms with van der Waals surface area (Å²) >= 11 is 0. The first kappa shape index (κ1) is 13.1. The number of piperidine rings is 1. The Hall–Kier alpha value is -0.930. The standard InChI is InChI=1S/C16H23FN2/c1-13-10-18-8-3-2-7-16(18)12-19(13)11-14-5-4-6-15(17)9-14/h4-6,9,13,16H,2-3,7-8,10-12H2,1H3/t13-,16-/m0/s1. The van der Waals surface area contributed by atoms with Crippen LogP contribution in [0.5, 0.6) is 0 Å². The van der Waals surface area contributed by atoms with Crippen LogP contribution in [0, 0.1) is 5.82 Å². The lowest BCUT2D eigenvalue weighted by atomic mass is 9.97. The fourth-order valence-corrected chi connectivity index (χ4v) is 3.50. The van der Waals surface area contributed by atoms with E-state index in [4.69, 9.17) is 0 Å². The number of hydrogen-bond acceptors (Lipinski definition) is 2. The predicted octanol–water partition coefficient (Wildman–Crippen LogP) is 2.88. The summed E-state index contributed by atoms with van der Waals surface area (Å²) < 4.78 is 13.3. The highest BCUT2D eigenvalue weighted by Gasteiger charge is 2.32. The predicted molar refractivity (Wildman–Crippen MR) is 75.5 cm³/mol. The van der Waals surface area contributed by atoms with Gasteiger partial charge in [-0.3, -0.25) is 9.80 Å². The van der Waals surface area contributed by atoms with Crippen LogP contribution >= 0.6 is 0 Å². The van der Waals surface area contributed by atoms with Crippen molar-refractivity contribution in [3.63, 3.8) is 0 Å². The topological polar surface area (TPSA) is 6.48 Å². The molecule has 0 aromatic heterocycles. The van der Waals surface area contributed by atoms with Crippen molar-refractivity contribution in [1.29, 1.82) is 0 Å². The highest BCUT2D eigenvalue weighted by atomic mass is 19.1. The Kier molecular flexibility index (Phi) is 3.85. The average molecular weight is 262 g/mol. The zero-order valence-corrected chi connectivity index (χ0v) is 11.7. The monoisotopic (exact) mass is 262 g/mol. The van der Waals surface area contributed by atoms with Crippen molar-refractivity contribution in [2.24, 2.45) is 0 Å². The lowest BCUT2D eigenvalue weighted by Gasteiger charge is -2.47. The van der Waals surface area contributed by atoms with Crippen molar-refractivity contribution in [2.75, 3.05) is 19.6 Å². The Morgan fingerprint density at radius 2 is 2.16 bits per heavy atom. The molecule has 2 atom stereocenters. The van der Waals surface area contributed by atoms with E-state index in [2.05, 4.69) is 16.7 Å². The smallest absolute Gasteiger partial charge is 0.123 e. The van der Waals surface area contributed by atoms with Crippen LogP contribution in [0.2, 0.25) is 0 Å². The third-order valence-electron chi connectivity index (χ3n) is 4.59. The first-order valence-electron chi connectivity index (χ1n) is 7.45. The molecule has 0 radical (unpaired) electrons. The van der Waals surface area contributed by atoms with Gasteiger partial charge in [-0.25, -0.2) is 4.39 Å². The summed E-state index contributed by atoms with van der Waals surface area (Å²) in [4.78, 5) is 5.16. The average Bonchev–Trinajstić information content (AvgIpc) is 2.40. The van der Waals surface area contributed by atoms with Crippen molar-refractivity contribution in [2.45, 2.75) is 44.8 Å². The third-order valence-corrected chi connectivity index (χ3v) is 4.59. The fourth-order valence-electron chi connectivity index (χ4n) is 3.50. The van der Waals surface area contributed by atoms with Gasteiger partial charge >= 0.3 is 0 Å². The molecule has 3 heteroatoms. The fraction of sp³-hybridized carbons (Fsp3) is 0.625. The van der Waals surface area contributed by atoms with Gasteiger partial charge in [-0.2, -0.15) is 0 Å². The molecule has 2 aliphatic heterocycles. The van der Waals surface area contributed by atoms with Crippen LogP contribution in [-0.4, -0.2) is 41.5 Å². The molecule has 0 unspecified atom stereocenters. The minimum Gasteiger partial charge on any atom is -0.298 e. The Morgan fingerprint density at radius 3 is 3.00 bits per heavy atom. The molecule has 0 N–H and O–H groups in total. The number of fused-ring (bicyclic) bond motifs is 1. The van der Waals surface area contributed by atoms with Crippen LogP contribution in [0.3, 0.4) is 0 Å². The molecular weight excluding hydrogens is 239 g/mol. The summed E-state index contributed by atoms with van der Waals surface area (Å²) in [6.45, 7) is 6.74. The number of hydrogen-bond donors (Lipinski definition) is 0. The van der Waals surface area contributed by atoms with Gasteiger partial charge < -0.3 is 0 Å². The molecule has 0 bridgehead atoms. The molecule has 0 saturated carbocycles. The molecule has 2 aliphatic rings. The van der Waals surface area contributed by atoms with Crippen LogP contribution in [0.4, 0.5) is 4.39 Å². The number of halogens is 1. The van der Waals surface area contributed by atoms with Crippen LogP contribution in [0.15, 0.2) is 24.3 Å². The highest BCUT2D eigenvalue weighted by Crippen LogP contribution is 2.25. The zero-order valence-electron chi connectivity index (χ0n) is 11.7. The summed E-state index contributed by atoms with van der Waals surface area (Å²) in [5, 5.41) is 0. The van der Waals surface area contributed by atoms with E-state index in [0.717, 1.165) is 24.7 Å². The van der Waals surface area contributed by atoms with E-state index in [1.54, 1.807) is 6.07 Å². The van der Waals surface area contributed by atoms with E-state index in [-0.39, 0.29) is 5.82 Å². The number of nitrogens with zero attached hydrogens (tertiary/aromatic N) is 2. The number of benzene rings is 1. The van der Waals surface area contributed by atoms with Gasteiger partial charge in [0.25, 0.3) is 0 Å². The Labute approximate surface area is 115 Å². The molecule has 19 heavy (non-hydrogen) atoms. The SMILES string of the molecule is C[C@H]1CN2CCCC[C@H]2CN1Cc1cccc(F)c1. The maximum absolute atomic E-state index is 13.3. The van der Waals surface area contributed by atoms with Crippen molar-refractivity contribution in [1.82, 2.24) is 9.80 Å². The summed E-state index contributed by atoms with van der Waals surface area (Å²) in [6, 6.07) is 8.32. The Bertz CT molecular complexity index is 435. The second kappa shape index (κ2) is 5.59. The maximum Gasteiger partial charge on any atom is 0.123 e. The third kappa shape index (κ3) is 2.98. The largest absolute Gasteiger partial charge is 0.298 e. The lowest BCUT2D eigenvalue weighted by Crippen LogP contribution is -2.58. The van der Waals surface area contributed by atoms with Crippen molar-refractivity contribution >= 4 is 0 Å². The van der Waals surface area contributed by atoms with E-state index in [1.165, 1.54) is 38.4 Å². The molecule has 0 amide bonds. The van der Waals surface area contributed by atoms with Crippen molar-refractivity contribution in [3.8, 4) is 0 Å². The summed E-state index contributed by atoms with van der Waals surface area (Å²) in [7, 11) is 0. The second-order valence-electron chi connectivity index (χ2n) is 6.05. The zero-order chi connectivity index (χ0) is 13.2. The van der Waals surface area contributed by atoms with Crippen LogP contribution < -0.4 is 0 Å². The molecule has 3 rings (SSSR count). The molecule has 2 saturated heterocycles. The van der Waals surface area contributed by atoms with Gasteiger partial charge in [0.05, 0.1) is 0 Å². The van der Waals surface area contributed by atoms with Crippen molar-refractivity contribution in [3.05, 3.63) is 35.6 Å². The van der Waals surface area contributed by atoms with Gasteiger partial charge in [0.2, 0.25) is 0 Å². The van der Waals surface area contributed by atoms with Crippen LogP contribution in [0.25, 0.3) is 0 Å². The van der Waals surface area contributed by atoms with E-state index >= 15 is 0 Å². The Balaban J connectivity index is 1.67. The maximum atomic E-state index is 13.3. The van der Waals surface area contributed by atoms with E-state index < -0.39 is 0 Å². The molecule has 2 fully saturated rings. The van der Waals surface area contributed by atoms with Gasteiger partial charge in [0.1, 0.15) is 5.82 Å². The van der Waals surface area contributed by atoms with E-state index in [1.807, 2.05) is 12.1 Å². The molecule has 1 aromatic carbocycles. The first-order valence-corrected chi connectivity index (χ1v) is 7.45. The van der Waals surface area contributed by atoms with E-state index in [9.17, 15) is 4.39 Å². The van der Waals surface area contributed by atoms with Crippen molar-refractivity contribution < 1.29 is 4.39 Å². The highest BCUT2D eigenvalue weighted by molar-refractivity contribution is 5.16. The van der Waals surface area contributed by atoms with Crippen LogP contribution in [-0.2, 0) is 6.54 Å². The van der Waals surface area contributed by atoms with Crippen LogP contribution in [0.1, 0.15) is 31.7 Å². The number of piperazine rings is 1. The minimum absolute atomic E-state index is 0.124. The minimum atomic E-state index is -0.124. The molecule has 0 aliphatic carbocycles. The molecule has 2 heterocycles. The van der Waals surface area contributed by atoms with Gasteiger partial charge in [0.15, 0.2) is 0 Å². The number of rotatable bonds is 2. The quantitative estimate of drug-likeness (QED) is 0.808. The summed E-state index contributed by atoms with van der Waals surface area (Å²) in [6.07, 6.45) is 4.04. The van der Waals surface area contributed by atoms with Gasteiger partial charge in [-0.05, 0) is 44.0 Å². The molecule has 104 valence electrons. The summed E-state index contributed by atoms with van der Waals surface area (Å²) in [5.74, 6) is -0.124. The molecule has 2 nitrogen and oxygen atoms in total. The van der Waals surface area contributed by atoms with E-state index in [0.29, 0.717) is 6.04 Å². The second-order valence-corrected chi connectivity index (χ2v) is 6.05. The van der Waals surface area contributed by atoms with Gasteiger partial charge in [0, 0.05) is 31.7 Å². The molecule has 1 aromatic rings. The molecule has 0 spiro atoms. The normalized spacial score (nSPS) is 29.2. The Morgan fingerprint density at radius 1 is 1.26 bits per heavy atom. The van der Waals surface area contributed by atoms with Gasteiger partial charge in [-0.15, -0.1) is 0 Å².